The summed E-state index contributed by atoms with van der Waals surface area (Å²) in [5.74, 6) is -0.212. The Bertz CT molecular complexity index is 366. The number of halogens is 2. The molecule has 0 fully saturated rings. The van der Waals surface area contributed by atoms with Crippen molar-refractivity contribution in [3.8, 4) is 0 Å². The normalized spacial score (nSPS) is 10.2. The van der Waals surface area contributed by atoms with Crippen LogP contribution in [0.2, 0.25) is 5.02 Å². The molecule has 0 aliphatic rings. The number of hydrogen-bond acceptors (Lipinski definition) is 2. The summed E-state index contributed by atoms with van der Waals surface area (Å²) in [5.41, 5.74) is 0.856. The molecule has 0 saturated heterocycles. The second kappa shape index (κ2) is 6.92. The highest BCUT2D eigenvalue weighted by molar-refractivity contribution is 9.10. The van der Waals surface area contributed by atoms with Gasteiger partial charge in [0.2, 0.25) is 0 Å². The standard InChI is InChI=1S/C12H14BrClO2/c1-2-3-6-16-12(15)8-9-7-10(14)4-5-11(9)13/h4-5,7H,2-3,6,8H2,1H3. The maximum Gasteiger partial charge on any atom is 0.310 e. The van der Waals surface area contributed by atoms with E-state index in [1.54, 1.807) is 12.1 Å². The minimum absolute atomic E-state index is 0.212. The lowest BCUT2D eigenvalue weighted by Gasteiger charge is -2.06. The van der Waals surface area contributed by atoms with Crippen molar-refractivity contribution in [3.05, 3.63) is 33.3 Å². The zero-order valence-electron chi connectivity index (χ0n) is 9.13. The molecule has 1 aromatic rings. The number of unbranched alkanes of at least 4 members (excludes halogenated alkanes) is 1. The number of rotatable bonds is 5. The summed E-state index contributed by atoms with van der Waals surface area (Å²) in [6.07, 6.45) is 2.18. The van der Waals surface area contributed by atoms with Gasteiger partial charge in [0.1, 0.15) is 0 Å². The Morgan fingerprint density at radius 1 is 1.50 bits per heavy atom. The minimum Gasteiger partial charge on any atom is -0.465 e. The lowest BCUT2D eigenvalue weighted by Crippen LogP contribution is -2.09. The number of carbonyl (C=O) groups excluding carboxylic acids is 1. The van der Waals surface area contributed by atoms with Crippen LogP contribution in [0.15, 0.2) is 22.7 Å². The first kappa shape index (κ1) is 13.5. The summed E-state index contributed by atoms with van der Waals surface area (Å²) in [6, 6.07) is 5.38. The highest BCUT2D eigenvalue weighted by Crippen LogP contribution is 2.21. The molecule has 0 spiro atoms. The molecule has 0 unspecified atom stereocenters. The van der Waals surface area contributed by atoms with E-state index in [1.165, 1.54) is 0 Å². The summed E-state index contributed by atoms with van der Waals surface area (Å²) < 4.78 is 5.96. The lowest BCUT2D eigenvalue weighted by molar-refractivity contribution is -0.142. The highest BCUT2D eigenvalue weighted by Gasteiger charge is 2.08. The van der Waals surface area contributed by atoms with Crippen LogP contribution in [0.4, 0.5) is 0 Å². The second-order valence-corrected chi connectivity index (χ2v) is 4.78. The van der Waals surface area contributed by atoms with Gasteiger partial charge in [0, 0.05) is 9.50 Å². The van der Waals surface area contributed by atoms with Crippen molar-refractivity contribution in [3.63, 3.8) is 0 Å². The van der Waals surface area contributed by atoms with E-state index in [0.29, 0.717) is 11.6 Å². The van der Waals surface area contributed by atoms with Crippen molar-refractivity contribution in [1.82, 2.24) is 0 Å². The van der Waals surface area contributed by atoms with E-state index in [2.05, 4.69) is 22.9 Å². The fraction of sp³-hybridized carbons (Fsp3) is 0.417. The number of esters is 1. The Morgan fingerprint density at radius 3 is 2.94 bits per heavy atom. The summed E-state index contributed by atoms with van der Waals surface area (Å²) in [7, 11) is 0. The lowest BCUT2D eigenvalue weighted by atomic mass is 10.1. The molecule has 2 nitrogen and oxygen atoms in total. The summed E-state index contributed by atoms with van der Waals surface area (Å²) in [6.45, 7) is 2.55. The Hall–Kier alpha value is -0.540. The number of hydrogen-bond donors (Lipinski definition) is 0. The molecule has 0 atom stereocenters. The molecule has 0 N–H and O–H groups in total. The molecule has 0 radical (unpaired) electrons. The van der Waals surface area contributed by atoms with E-state index in [1.807, 2.05) is 6.07 Å². The average molecular weight is 306 g/mol. The second-order valence-electron chi connectivity index (χ2n) is 3.49. The molecule has 1 aromatic carbocycles. The molecular formula is C12H14BrClO2. The predicted molar refractivity (Wildman–Crippen MR) is 68.7 cm³/mol. The first-order valence-corrected chi connectivity index (χ1v) is 6.40. The van der Waals surface area contributed by atoms with Gasteiger partial charge in [-0.2, -0.15) is 0 Å². The maximum absolute atomic E-state index is 11.5. The molecule has 0 amide bonds. The van der Waals surface area contributed by atoms with Gasteiger partial charge in [-0.25, -0.2) is 0 Å². The average Bonchev–Trinajstić information content (AvgIpc) is 2.24. The molecule has 0 aliphatic carbocycles. The third-order valence-corrected chi connectivity index (χ3v) is 3.11. The number of carbonyl (C=O) groups is 1. The molecule has 16 heavy (non-hydrogen) atoms. The van der Waals surface area contributed by atoms with E-state index in [-0.39, 0.29) is 12.4 Å². The van der Waals surface area contributed by atoms with Gasteiger partial charge in [0.05, 0.1) is 13.0 Å². The Morgan fingerprint density at radius 2 is 2.25 bits per heavy atom. The van der Waals surface area contributed by atoms with Gasteiger partial charge in [-0.3, -0.25) is 4.79 Å². The van der Waals surface area contributed by atoms with E-state index < -0.39 is 0 Å². The van der Waals surface area contributed by atoms with Crippen LogP contribution in [0.5, 0.6) is 0 Å². The van der Waals surface area contributed by atoms with Gasteiger partial charge in [-0.1, -0.05) is 40.9 Å². The fourth-order valence-corrected chi connectivity index (χ4v) is 1.80. The zero-order chi connectivity index (χ0) is 12.0. The van der Waals surface area contributed by atoms with Crippen LogP contribution in [0.3, 0.4) is 0 Å². The monoisotopic (exact) mass is 304 g/mol. The van der Waals surface area contributed by atoms with E-state index in [0.717, 1.165) is 22.9 Å². The van der Waals surface area contributed by atoms with Crippen LogP contribution in [-0.4, -0.2) is 12.6 Å². The number of ether oxygens (including phenoxy) is 1. The third-order valence-electron chi connectivity index (χ3n) is 2.10. The van der Waals surface area contributed by atoms with Crippen molar-refractivity contribution < 1.29 is 9.53 Å². The van der Waals surface area contributed by atoms with Crippen LogP contribution in [0.25, 0.3) is 0 Å². The molecule has 1 rings (SSSR count). The molecule has 4 heteroatoms. The largest absolute Gasteiger partial charge is 0.465 e. The van der Waals surface area contributed by atoms with Crippen molar-refractivity contribution in [2.24, 2.45) is 0 Å². The molecule has 88 valence electrons. The Balaban J connectivity index is 2.52. The molecule has 0 aromatic heterocycles. The van der Waals surface area contributed by atoms with Crippen molar-refractivity contribution in [1.29, 1.82) is 0 Å². The fourth-order valence-electron chi connectivity index (χ4n) is 1.22. The number of benzene rings is 1. The molecule has 0 heterocycles. The summed E-state index contributed by atoms with van der Waals surface area (Å²) >= 11 is 9.23. The van der Waals surface area contributed by atoms with Gasteiger partial charge in [-0.05, 0) is 30.2 Å². The SMILES string of the molecule is CCCCOC(=O)Cc1cc(Cl)ccc1Br. The molecule has 0 bridgehead atoms. The van der Waals surface area contributed by atoms with Crippen LogP contribution in [-0.2, 0) is 16.0 Å². The maximum atomic E-state index is 11.5. The van der Waals surface area contributed by atoms with Gasteiger partial charge in [-0.15, -0.1) is 0 Å². The zero-order valence-corrected chi connectivity index (χ0v) is 11.5. The first-order chi connectivity index (χ1) is 7.63. The highest BCUT2D eigenvalue weighted by atomic mass is 79.9. The van der Waals surface area contributed by atoms with Gasteiger partial charge in [0.15, 0.2) is 0 Å². The topological polar surface area (TPSA) is 26.3 Å². The van der Waals surface area contributed by atoms with Crippen molar-refractivity contribution in [2.75, 3.05) is 6.61 Å². The van der Waals surface area contributed by atoms with E-state index in [9.17, 15) is 4.79 Å². The van der Waals surface area contributed by atoms with Crippen molar-refractivity contribution >= 4 is 33.5 Å². The van der Waals surface area contributed by atoms with Crippen LogP contribution >= 0.6 is 27.5 Å². The van der Waals surface area contributed by atoms with Gasteiger partial charge >= 0.3 is 5.97 Å². The quantitative estimate of drug-likeness (QED) is 0.607. The minimum atomic E-state index is -0.212. The smallest absolute Gasteiger partial charge is 0.310 e. The predicted octanol–water partition coefficient (Wildman–Crippen LogP) is 3.99. The van der Waals surface area contributed by atoms with Crippen LogP contribution < -0.4 is 0 Å². The van der Waals surface area contributed by atoms with Crippen molar-refractivity contribution in [2.45, 2.75) is 26.2 Å². The summed E-state index contributed by atoms with van der Waals surface area (Å²) in [5, 5.41) is 0.625. The van der Waals surface area contributed by atoms with Crippen LogP contribution in [0.1, 0.15) is 25.3 Å². The van der Waals surface area contributed by atoms with Gasteiger partial charge in [0.25, 0.3) is 0 Å². The third kappa shape index (κ3) is 4.54. The molecule has 0 saturated carbocycles. The summed E-state index contributed by atoms with van der Waals surface area (Å²) in [4.78, 5) is 11.5. The molecule has 0 aliphatic heterocycles. The Labute approximate surface area is 109 Å². The van der Waals surface area contributed by atoms with Crippen LogP contribution in [0, 0.1) is 0 Å². The first-order valence-electron chi connectivity index (χ1n) is 5.23. The van der Waals surface area contributed by atoms with E-state index >= 15 is 0 Å². The molecular weight excluding hydrogens is 291 g/mol. The Kier molecular flexibility index (Phi) is 5.85. The van der Waals surface area contributed by atoms with Gasteiger partial charge < -0.3 is 4.74 Å². The van der Waals surface area contributed by atoms with E-state index in [4.69, 9.17) is 16.3 Å².